The number of aryl methyl sites for hydroxylation is 1. The third-order valence-electron chi connectivity index (χ3n) is 5.95. The lowest BCUT2D eigenvalue weighted by Gasteiger charge is -2.22. The van der Waals surface area contributed by atoms with Crippen LogP contribution in [-0.2, 0) is 4.79 Å². The van der Waals surface area contributed by atoms with Crippen LogP contribution in [0.2, 0.25) is 0 Å². The van der Waals surface area contributed by atoms with Crippen LogP contribution in [0.15, 0.2) is 52.9 Å². The lowest BCUT2D eigenvalue weighted by atomic mass is 9.96. The number of anilines is 1. The minimum Gasteiger partial charge on any atom is -0.496 e. The molecule has 0 saturated heterocycles. The maximum absolute atomic E-state index is 13.7. The third kappa shape index (κ3) is 6.65. The van der Waals surface area contributed by atoms with Gasteiger partial charge in [0.05, 0.1) is 25.1 Å². The third-order valence-corrected chi connectivity index (χ3v) is 5.95. The van der Waals surface area contributed by atoms with Gasteiger partial charge in [-0.1, -0.05) is 13.8 Å². The number of carboxylic acid groups (broad SMARTS) is 1. The Morgan fingerprint density at radius 3 is 2.44 bits per heavy atom. The Morgan fingerprint density at radius 1 is 1.14 bits per heavy atom. The van der Waals surface area contributed by atoms with E-state index in [0.717, 1.165) is 23.4 Å². The molecule has 1 unspecified atom stereocenters. The molecule has 0 radical (unpaired) electrons. The molecule has 3 aromatic rings. The summed E-state index contributed by atoms with van der Waals surface area (Å²) in [6.07, 6.45) is 0.730. The van der Waals surface area contributed by atoms with Gasteiger partial charge < -0.3 is 24.5 Å². The second-order valence-electron chi connectivity index (χ2n) is 9.24. The minimum absolute atomic E-state index is 0.0614. The SMILES string of the molecule is COc1cc(F)ccc1-c1cc(C(CC(C)C)Nc2ccc(C(=O)N(C)CCC(=O)O)cc2)c(C)o1. The number of furan rings is 1. The van der Waals surface area contributed by atoms with Crippen LogP contribution in [0.5, 0.6) is 5.75 Å². The van der Waals surface area contributed by atoms with E-state index in [-0.39, 0.29) is 30.7 Å². The van der Waals surface area contributed by atoms with Crippen LogP contribution in [0.1, 0.15) is 54.4 Å². The Labute approximate surface area is 210 Å². The molecule has 3 rings (SSSR count). The quantitative estimate of drug-likeness (QED) is 0.331. The fourth-order valence-electron chi connectivity index (χ4n) is 4.07. The molecule has 0 aliphatic rings. The summed E-state index contributed by atoms with van der Waals surface area (Å²) in [5.74, 6) is 0.586. The molecule has 0 fully saturated rings. The fraction of sp³-hybridized carbons (Fsp3) is 0.357. The molecule has 0 bridgehead atoms. The number of nitrogens with one attached hydrogen (secondary N) is 1. The number of carbonyl (C=O) groups excluding carboxylic acids is 1. The summed E-state index contributed by atoms with van der Waals surface area (Å²) < 4.78 is 25.1. The lowest BCUT2D eigenvalue weighted by molar-refractivity contribution is -0.137. The Morgan fingerprint density at radius 2 is 1.83 bits per heavy atom. The molecule has 1 atom stereocenters. The molecule has 0 aliphatic heterocycles. The van der Waals surface area contributed by atoms with Crippen LogP contribution in [-0.4, -0.2) is 42.6 Å². The summed E-state index contributed by atoms with van der Waals surface area (Å²) >= 11 is 0. The number of amides is 1. The molecule has 2 aromatic carbocycles. The van der Waals surface area contributed by atoms with Gasteiger partial charge in [-0.3, -0.25) is 9.59 Å². The average molecular weight is 497 g/mol. The zero-order valence-corrected chi connectivity index (χ0v) is 21.3. The Kier molecular flexibility index (Phi) is 8.74. The number of rotatable bonds is 11. The number of benzene rings is 2. The Hall–Kier alpha value is -3.81. The van der Waals surface area contributed by atoms with E-state index in [1.54, 1.807) is 25.2 Å². The normalized spacial score (nSPS) is 11.9. The molecule has 36 heavy (non-hydrogen) atoms. The first kappa shape index (κ1) is 26.8. The molecular formula is C28H33FN2O5. The number of ether oxygens (including phenoxy) is 1. The number of nitrogens with zero attached hydrogens (tertiary/aromatic N) is 1. The first-order chi connectivity index (χ1) is 17.1. The smallest absolute Gasteiger partial charge is 0.305 e. The fourth-order valence-corrected chi connectivity index (χ4v) is 4.07. The van der Waals surface area contributed by atoms with Gasteiger partial charge in [-0.25, -0.2) is 4.39 Å². The van der Waals surface area contributed by atoms with Gasteiger partial charge in [0.15, 0.2) is 0 Å². The van der Waals surface area contributed by atoms with E-state index in [0.29, 0.717) is 28.6 Å². The van der Waals surface area contributed by atoms with Crippen LogP contribution in [0.4, 0.5) is 10.1 Å². The summed E-state index contributed by atoms with van der Waals surface area (Å²) in [4.78, 5) is 24.8. The van der Waals surface area contributed by atoms with Crippen LogP contribution >= 0.6 is 0 Å². The van der Waals surface area contributed by atoms with E-state index in [1.165, 1.54) is 24.1 Å². The van der Waals surface area contributed by atoms with Crippen LogP contribution in [0.3, 0.4) is 0 Å². The van der Waals surface area contributed by atoms with Crippen molar-refractivity contribution in [2.45, 2.75) is 39.7 Å². The van der Waals surface area contributed by atoms with Crippen molar-refractivity contribution in [1.29, 1.82) is 0 Å². The van der Waals surface area contributed by atoms with Gasteiger partial charge in [0.2, 0.25) is 0 Å². The minimum atomic E-state index is -0.944. The molecular weight excluding hydrogens is 463 g/mol. The van der Waals surface area contributed by atoms with Crippen molar-refractivity contribution in [2.75, 3.05) is 26.0 Å². The van der Waals surface area contributed by atoms with Gasteiger partial charge in [0, 0.05) is 36.5 Å². The van der Waals surface area contributed by atoms with Gasteiger partial charge >= 0.3 is 5.97 Å². The van der Waals surface area contributed by atoms with Crippen molar-refractivity contribution in [1.82, 2.24) is 4.90 Å². The summed E-state index contributed by atoms with van der Waals surface area (Å²) in [6, 6.07) is 13.4. The average Bonchev–Trinajstić information content (AvgIpc) is 3.22. The molecule has 0 aliphatic carbocycles. The molecule has 0 saturated carbocycles. The molecule has 2 N–H and O–H groups in total. The highest BCUT2D eigenvalue weighted by Gasteiger charge is 2.22. The second-order valence-corrected chi connectivity index (χ2v) is 9.24. The van der Waals surface area contributed by atoms with E-state index < -0.39 is 5.97 Å². The highest BCUT2D eigenvalue weighted by Crippen LogP contribution is 2.37. The van der Waals surface area contributed by atoms with Gasteiger partial charge in [0.25, 0.3) is 5.91 Å². The molecule has 8 heteroatoms. The van der Waals surface area contributed by atoms with Crippen molar-refractivity contribution in [3.05, 3.63) is 71.2 Å². The maximum Gasteiger partial charge on any atom is 0.305 e. The van der Waals surface area contributed by atoms with E-state index in [2.05, 4.69) is 19.2 Å². The zero-order chi connectivity index (χ0) is 26.4. The van der Waals surface area contributed by atoms with Crippen molar-refractivity contribution in [3.63, 3.8) is 0 Å². The van der Waals surface area contributed by atoms with E-state index in [4.69, 9.17) is 14.3 Å². The highest BCUT2D eigenvalue weighted by atomic mass is 19.1. The number of carboxylic acids is 1. The number of halogens is 1. The van der Waals surface area contributed by atoms with E-state index in [9.17, 15) is 14.0 Å². The second kappa shape index (κ2) is 11.7. The summed E-state index contributed by atoms with van der Waals surface area (Å²) in [5, 5.41) is 12.4. The Bertz CT molecular complexity index is 1200. The van der Waals surface area contributed by atoms with Crippen molar-refractivity contribution in [2.24, 2.45) is 5.92 Å². The molecule has 1 amide bonds. The van der Waals surface area contributed by atoms with Gasteiger partial charge in [0.1, 0.15) is 23.1 Å². The lowest BCUT2D eigenvalue weighted by Crippen LogP contribution is -2.29. The largest absolute Gasteiger partial charge is 0.496 e. The summed E-state index contributed by atoms with van der Waals surface area (Å²) in [7, 11) is 3.09. The molecule has 1 heterocycles. The molecule has 7 nitrogen and oxygen atoms in total. The van der Waals surface area contributed by atoms with Gasteiger partial charge in [-0.2, -0.15) is 0 Å². The standard InChI is InChI=1S/C28H33FN2O5/c1-17(2)14-24(23-16-26(36-18(23)3)22-11-8-20(29)15-25(22)35-5)30-21-9-6-19(7-10-21)28(34)31(4)13-12-27(32)33/h6-11,15-17,24,30H,12-14H2,1-5H3,(H,32,33). The number of hydrogen-bond donors (Lipinski definition) is 2. The number of carbonyl (C=O) groups is 2. The first-order valence-electron chi connectivity index (χ1n) is 11.9. The Balaban J connectivity index is 1.82. The topological polar surface area (TPSA) is 92.0 Å². The summed E-state index contributed by atoms with van der Waals surface area (Å²) in [6.45, 7) is 6.33. The zero-order valence-electron chi connectivity index (χ0n) is 21.3. The highest BCUT2D eigenvalue weighted by molar-refractivity contribution is 5.94. The maximum atomic E-state index is 13.7. The molecule has 192 valence electrons. The van der Waals surface area contributed by atoms with Crippen LogP contribution in [0, 0.1) is 18.7 Å². The van der Waals surface area contributed by atoms with Crippen molar-refractivity contribution >= 4 is 17.6 Å². The molecule has 1 aromatic heterocycles. The van der Waals surface area contributed by atoms with Gasteiger partial charge in [-0.15, -0.1) is 0 Å². The van der Waals surface area contributed by atoms with E-state index >= 15 is 0 Å². The van der Waals surface area contributed by atoms with Crippen LogP contribution < -0.4 is 10.1 Å². The van der Waals surface area contributed by atoms with Gasteiger partial charge in [-0.05, 0) is 61.7 Å². The van der Waals surface area contributed by atoms with Crippen LogP contribution in [0.25, 0.3) is 11.3 Å². The van der Waals surface area contributed by atoms with Crippen molar-refractivity contribution < 1.29 is 28.2 Å². The number of hydrogen-bond acceptors (Lipinski definition) is 5. The van der Waals surface area contributed by atoms with Crippen molar-refractivity contribution in [3.8, 4) is 17.1 Å². The summed E-state index contributed by atoms with van der Waals surface area (Å²) in [5.41, 5.74) is 2.98. The number of methoxy groups -OCH3 is 1. The van der Waals surface area contributed by atoms with E-state index in [1.807, 2.05) is 25.1 Å². The molecule has 0 spiro atoms. The monoisotopic (exact) mass is 496 g/mol. The predicted octanol–water partition coefficient (Wildman–Crippen LogP) is 6.15. The number of aliphatic carboxylic acids is 1. The first-order valence-corrected chi connectivity index (χ1v) is 11.9. The predicted molar refractivity (Wildman–Crippen MR) is 137 cm³/mol.